The molecule has 1 unspecified atom stereocenters. The molecule has 0 radical (unpaired) electrons. The third-order valence-corrected chi connectivity index (χ3v) is 5.92. The molecule has 0 amide bonds. The van der Waals surface area contributed by atoms with Gasteiger partial charge in [0.15, 0.2) is 0 Å². The highest BCUT2D eigenvalue weighted by Gasteiger charge is 2.38. The standard InChI is InChI=1S/C19H21N3S.C2HF3O2/c1-13-6-8-15(9-7-13)16-11-23-19-17(16)18(20-12-21-19)22-10-4-3-5-14(22)2;3-2(4,5)1(6)7/h6-9,11-12,14H,3-5,10H2,1-2H3;(H,6,7). The minimum atomic E-state index is -5.08. The molecule has 0 spiro atoms. The van der Waals surface area contributed by atoms with Gasteiger partial charge in [-0.05, 0) is 38.7 Å². The summed E-state index contributed by atoms with van der Waals surface area (Å²) >= 11 is 1.71. The topological polar surface area (TPSA) is 66.3 Å². The Morgan fingerprint density at radius 2 is 1.87 bits per heavy atom. The van der Waals surface area contributed by atoms with Crippen LogP contribution in [0.4, 0.5) is 19.0 Å². The van der Waals surface area contributed by atoms with Gasteiger partial charge in [0.2, 0.25) is 0 Å². The van der Waals surface area contributed by atoms with E-state index >= 15 is 0 Å². The molecule has 0 bridgehead atoms. The Hall–Kier alpha value is -2.68. The number of thiophene rings is 1. The molecule has 5 nitrogen and oxygen atoms in total. The maximum Gasteiger partial charge on any atom is 0.490 e. The van der Waals surface area contributed by atoms with E-state index in [4.69, 9.17) is 9.90 Å². The van der Waals surface area contributed by atoms with Gasteiger partial charge in [-0.3, -0.25) is 0 Å². The molecule has 2 aromatic heterocycles. The second-order valence-electron chi connectivity index (χ2n) is 7.23. The van der Waals surface area contributed by atoms with Crippen LogP contribution in [0.15, 0.2) is 36.0 Å². The van der Waals surface area contributed by atoms with Crippen molar-refractivity contribution in [3.8, 4) is 11.1 Å². The Morgan fingerprint density at radius 3 is 2.47 bits per heavy atom. The first-order chi connectivity index (χ1) is 14.2. The summed E-state index contributed by atoms with van der Waals surface area (Å²) in [5.41, 5.74) is 3.80. The first-order valence-corrected chi connectivity index (χ1v) is 10.4. The molecule has 1 N–H and O–H groups in total. The number of alkyl halides is 3. The predicted octanol–water partition coefficient (Wildman–Crippen LogP) is 5.68. The number of anilines is 1. The van der Waals surface area contributed by atoms with E-state index in [1.807, 2.05) is 0 Å². The molecule has 1 fully saturated rings. The number of hydrogen-bond acceptors (Lipinski definition) is 5. The second-order valence-corrected chi connectivity index (χ2v) is 8.09. The highest BCUT2D eigenvalue weighted by atomic mass is 32.1. The summed E-state index contributed by atoms with van der Waals surface area (Å²) in [6.45, 7) is 5.53. The molecule has 1 aromatic carbocycles. The van der Waals surface area contributed by atoms with Gasteiger partial charge in [-0.25, -0.2) is 14.8 Å². The monoisotopic (exact) mass is 437 g/mol. The number of aromatic nitrogens is 2. The SMILES string of the molecule is Cc1ccc(-c2csc3ncnc(N4CCCCC4C)c23)cc1.O=C(O)C(F)(F)F. The number of rotatable bonds is 2. The molecule has 0 aliphatic carbocycles. The van der Waals surface area contributed by atoms with E-state index in [1.54, 1.807) is 17.7 Å². The van der Waals surface area contributed by atoms with E-state index in [1.165, 1.54) is 41.3 Å². The van der Waals surface area contributed by atoms with Crippen molar-refractivity contribution in [2.24, 2.45) is 0 Å². The van der Waals surface area contributed by atoms with Crippen molar-refractivity contribution in [1.82, 2.24) is 9.97 Å². The molecule has 0 saturated carbocycles. The van der Waals surface area contributed by atoms with Crippen LogP contribution in [-0.2, 0) is 4.79 Å². The molecule has 4 rings (SSSR count). The minimum Gasteiger partial charge on any atom is -0.475 e. The van der Waals surface area contributed by atoms with Crippen LogP contribution in [0.3, 0.4) is 0 Å². The number of carbonyl (C=O) groups is 1. The number of aliphatic carboxylic acids is 1. The zero-order valence-corrected chi connectivity index (χ0v) is 17.4. The lowest BCUT2D eigenvalue weighted by atomic mass is 10.0. The van der Waals surface area contributed by atoms with Crippen molar-refractivity contribution in [1.29, 1.82) is 0 Å². The van der Waals surface area contributed by atoms with Crippen LogP contribution in [0.1, 0.15) is 31.7 Å². The quantitative estimate of drug-likeness (QED) is 0.559. The molecule has 1 aliphatic heterocycles. The molecule has 9 heteroatoms. The van der Waals surface area contributed by atoms with Gasteiger partial charge >= 0.3 is 12.1 Å². The van der Waals surface area contributed by atoms with E-state index in [-0.39, 0.29) is 0 Å². The lowest BCUT2D eigenvalue weighted by Gasteiger charge is -2.34. The van der Waals surface area contributed by atoms with E-state index in [2.05, 4.69) is 58.4 Å². The van der Waals surface area contributed by atoms with Crippen molar-refractivity contribution >= 4 is 33.3 Å². The average molecular weight is 437 g/mol. The molecule has 1 saturated heterocycles. The fourth-order valence-corrected chi connectivity index (χ4v) is 4.35. The van der Waals surface area contributed by atoms with Crippen LogP contribution in [0.25, 0.3) is 21.3 Å². The molecular formula is C21H22F3N3O2S. The third-order valence-electron chi connectivity index (χ3n) is 5.03. The Labute approximate surface area is 176 Å². The number of piperidine rings is 1. The molecule has 3 heterocycles. The van der Waals surface area contributed by atoms with Crippen LogP contribution < -0.4 is 4.90 Å². The van der Waals surface area contributed by atoms with Gasteiger partial charge in [0.1, 0.15) is 17.0 Å². The lowest BCUT2D eigenvalue weighted by Crippen LogP contribution is -2.38. The summed E-state index contributed by atoms with van der Waals surface area (Å²) in [6.07, 6.45) is 0.449. The van der Waals surface area contributed by atoms with Gasteiger partial charge in [0, 0.05) is 23.5 Å². The number of benzene rings is 1. The maximum absolute atomic E-state index is 10.6. The fourth-order valence-electron chi connectivity index (χ4n) is 3.44. The Kier molecular flexibility index (Phi) is 6.60. The number of nitrogens with zero attached hydrogens (tertiary/aromatic N) is 3. The molecule has 1 aliphatic rings. The highest BCUT2D eigenvalue weighted by molar-refractivity contribution is 7.17. The second kappa shape index (κ2) is 8.99. The van der Waals surface area contributed by atoms with Crippen LogP contribution >= 0.6 is 11.3 Å². The Balaban J connectivity index is 0.000000318. The molecule has 30 heavy (non-hydrogen) atoms. The van der Waals surface area contributed by atoms with E-state index in [0.29, 0.717) is 6.04 Å². The zero-order chi connectivity index (χ0) is 21.9. The number of carboxylic acid groups (broad SMARTS) is 1. The van der Waals surface area contributed by atoms with Gasteiger partial charge in [0.25, 0.3) is 0 Å². The summed E-state index contributed by atoms with van der Waals surface area (Å²) < 4.78 is 31.7. The largest absolute Gasteiger partial charge is 0.490 e. The van der Waals surface area contributed by atoms with Gasteiger partial charge < -0.3 is 10.0 Å². The van der Waals surface area contributed by atoms with Gasteiger partial charge in [0.05, 0.1) is 5.39 Å². The summed E-state index contributed by atoms with van der Waals surface area (Å²) in [7, 11) is 0. The predicted molar refractivity (Wildman–Crippen MR) is 112 cm³/mol. The molecule has 1 atom stereocenters. The number of carboxylic acids is 1. The van der Waals surface area contributed by atoms with Crippen LogP contribution in [0.2, 0.25) is 0 Å². The van der Waals surface area contributed by atoms with Crippen molar-refractivity contribution in [3.05, 3.63) is 41.5 Å². The van der Waals surface area contributed by atoms with Crippen molar-refractivity contribution in [3.63, 3.8) is 0 Å². The normalized spacial score (nSPS) is 16.8. The number of halogens is 3. The Morgan fingerprint density at radius 1 is 1.20 bits per heavy atom. The van der Waals surface area contributed by atoms with Gasteiger partial charge in [-0.15, -0.1) is 11.3 Å². The Bertz CT molecular complexity index is 1020. The van der Waals surface area contributed by atoms with Gasteiger partial charge in [-0.2, -0.15) is 13.2 Å². The molecular weight excluding hydrogens is 415 g/mol. The van der Waals surface area contributed by atoms with Crippen LogP contribution in [0, 0.1) is 6.92 Å². The molecule has 160 valence electrons. The summed E-state index contributed by atoms with van der Waals surface area (Å²) in [4.78, 5) is 21.6. The number of fused-ring (bicyclic) bond motifs is 1. The first-order valence-electron chi connectivity index (χ1n) is 9.54. The van der Waals surface area contributed by atoms with Crippen molar-refractivity contribution in [2.75, 3.05) is 11.4 Å². The number of hydrogen-bond donors (Lipinski definition) is 1. The average Bonchev–Trinajstić information content (AvgIpc) is 3.13. The van der Waals surface area contributed by atoms with E-state index < -0.39 is 12.1 Å². The van der Waals surface area contributed by atoms with Gasteiger partial charge in [-0.1, -0.05) is 29.8 Å². The van der Waals surface area contributed by atoms with Crippen molar-refractivity contribution in [2.45, 2.75) is 45.3 Å². The van der Waals surface area contributed by atoms with E-state index in [0.717, 1.165) is 17.2 Å². The first kappa shape index (κ1) is 22.0. The van der Waals surface area contributed by atoms with E-state index in [9.17, 15) is 13.2 Å². The lowest BCUT2D eigenvalue weighted by molar-refractivity contribution is -0.192. The summed E-state index contributed by atoms with van der Waals surface area (Å²) in [5, 5.41) is 10.6. The van der Waals surface area contributed by atoms with Crippen molar-refractivity contribution < 1.29 is 23.1 Å². The van der Waals surface area contributed by atoms with Crippen LogP contribution in [0.5, 0.6) is 0 Å². The zero-order valence-electron chi connectivity index (χ0n) is 16.6. The maximum atomic E-state index is 10.6. The number of aryl methyl sites for hydroxylation is 1. The third kappa shape index (κ3) is 4.89. The summed E-state index contributed by atoms with van der Waals surface area (Å²) in [6, 6.07) is 9.30. The smallest absolute Gasteiger partial charge is 0.475 e. The highest BCUT2D eigenvalue weighted by Crippen LogP contribution is 2.39. The fraction of sp³-hybridized carbons (Fsp3) is 0.381. The minimum absolute atomic E-state index is 0.549. The summed E-state index contributed by atoms with van der Waals surface area (Å²) in [5.74, 6) is -1.65. The molecule has 3 aromatic rings. The van der Waals surface area contributed by atoms with Crippen LogP contribution in [-0.4, -0.2) is 39.8 Å².